The molecule has 0 bridgehead atoms. The molecule has 3 heterocycles. The maximum atomic E-state index is 13.5. The zero-order valence-corrected chi connectivity index (χ0v) is 24.7. The van der Waals surface area contributed by atoms with E-state index in [-0.39, 0.29) is 17.1 Å². The molecule has 43 heavy (non-hydrogen) atoms. The van der Waals surface area contributed by atoms with Gasteiger partial charge in [-0.05, 0) is 50.1 Å². The highest BCUT2D eigenvalue weighted by molar-refractivity contribution is 7.89. The van der Waals surface area contributed by atoms with Crippen molar-refractivity contribution in [2.24, 2.45) is 0 Å². The molecule has 0 atom stereocenters. The monoisotopic (exact) mass is 597 g/mol. The number of para-hydroxylation sites is 1. The molecule has 3 aromatic carbocycles. The molecule has 0 amide bonds. The lowest BCUT2D eigenvalue weighted by molar-refractivity contribution is -0.384. The third-order valence-electron chi connectivity index (χ3n) is 7.65. The van der Waals surface area contributed by atoms with Gasteiger partial charge in [0.15, 0.2) is 5.65 Å². The fraction of sp³-hybridized carbons (Fsp3) is 0.258. The number of rotatable bonds is 7. The molecule has 6 rings (SSSR count). The van der Waals surface area contributed by atoms with Crippen molar-refractivity contribution in [3.63, 3.8) is 0 Å². The fourth-order valence-corrected chi connectivity index (χ4v) is 6.86. The summed E-state index contributed by atoms with van der Waals surface area (Å²) < 4.78 is 30.2. The average Bonchev–Trinajstić information content (AvgIpc) is 3.16. The maximum absolute atomic E-state index is 13.5. The van der Waals surface area contributed by atoms with Crippen LogP contribution in [0.3, 0.4) is 0 Å². The van der Waals surface area contributed by atoms with Crippen molar-refractivity contribution in [2.75, 3.05) is 31.1 Å². The van der Waals surface area contributed by atoms with Crippen LogP contribution < -0.4 is 4.90 Å². The summed E-state index contributed by atoms with van der Waals surface area (Å²) >= 11 is 0. The molecule has 5 aromatic rings. The lowest BCUT2D eigenvalue weighted by atomic mass is 10.1. The van der Waals surface area contributed by atoms with Crippen molar-refractivity contribution in [2.45, 2.75) is 31.6 Å². The van der Waals surface area contributed by atoms with Crippen molar-refractivity contribution in [3.05, 3.63) is 112 Å². The minimum Gasteiger partial charge on any atom is -0.355 e. The topological polar surface area (TPSA) is 127 Å². The van der Waals surface area contributed by atoms with Crippen molar-refractivity contribution < 1.29 is 13.3 Å². The van der Waals surface area contributed by atoms with Crippen molar-refractivity contribution >= 4 is 32.6 Å². The minimum atomic E-state index is -3.83. The predicted octanol–water partition coefficient (Wildman–Crippen LogP) is 4.83. The third-order valence-corrected chi connectivity index (χ3v) is 9.57. The first-order valence-corrected chi connectivity index (χ1v) is 15.5. The molecule has 0 saturated carbocycles. The number of benzene rings is 3. The zero-order chi connectivity index (χ0) is 30.1. The first-order chi connectivity index (χ1) is 20.7. The number of hydrogen-bond donors (Lipinski definition) is 0. The second kappa shape index (κ2) is 11.5. The summed E-state index contributed by atoms with van der Waals surface area (Å²) in [6, 6.07) is 23.2. The Bertz CT molecular complexity index is 1890. The van der Waals surface area contributed by atoms with Crippen LogP contribution in [0.25, 0.3) is 16.7 Å². The molecular weight excluding hydrogens is 566 g/mol. The Morgan fingerprint density at radius 3 is 2.28 bits per heavy atom. The lowest BCUT2D eigenvalue weighted by Crippen LogP contribution is -2.35. The van der Waals surface area contributed by atoms with E-state index in [2.05, 4.69) is 36.1 Å². The Morgan fingerprint density at radius 1 is 0.860 bits per heavy atom. The highest BCUT2D eigenvalue weighted by Gasteiger charge is 2.29. The van der Waals surface area contributed by atoms with Gasteiger partial charge < -0.3 is 4.90 Å². The van der Waals surface area contributed by atoms with E-state index in [1.165, 1.54) is 34.1 Å². The van der Waals surface area contributed by atoms with E-state index in [0.717, 1.165) is 28.1 Å². The van der Waals surface area contributed by atoms with Gasteiger partial charge in [-0.15, -0.1) is 0 Å². The Morgan fingerprint density at radius 2 is 1.58 bits per heavy atom. The molecule has 0 spiro atoms. The van der Waals surface area contributed by atoms with E-state index in [1.54, 1.807) is 0 Å². The van der Waals surface area contributed by atoms with E-state index in [1.807, 2.05) is 41.9 Å². The second-order valence-electron chi connectivity index (χ2n) is 10.7. The van der Waals surface area contributed by atoms with Crippen molar-refractivity contribution in [3.8, 4) is 5.69 Å². The number of non-ortho nitro benzene ring substituents is 1. The Kier molecular flexibility index (Phi) is 7.63. The molecule has 12 heteroatoms. The van der Waals surface area contributed by atoms with Crippen LogP contribution in [0.4, 0.5) is 11.5 Å². The molecule has 1 aliphatic rings. The van der Waals surface area contributed by atoms with Gasteiger partial charge in [0.2, 0.25) is 10.0 Å². The minimum absolute atomic E-state index is 0.0383. The number of hydrogen-bond acceptors (Lipinski definition) is 8. The quantitative estimate of drug-likeness (QED) is 0.193. The standard InChI is InChI=1S/C31H31N7O4S/c1-22-9-11-24(12-10-22)21-28-32-30(29-23(2)34-37(31(29)33-28)25-7-4-3-5-8-25)35-17-6-18-36(20-19-35)43(41,42)27-15-13-26(14-16-27)38(39)40/h3-5,7-16H,6,17-21H2,1-2H3. The highest BCUT2D eigenvalue weighted by atomic mass is 32.2. The molecule has 0 radical (unpaired) electrons. The Hall–Kier alpha value is -4.68. The van der Waals surface area contributed by atoms with Crippen molar-refractivity contribution in [1.82, 2.24) is 24.1 Å². The number of sulfonamides is 1. The highest BCUT2D eigenvalue weighted by Crippen LogP contribution is 2.31. The lowest BCUT2D eigenvalue weighted by Gasteiger charge is -2.24. The zero-order valence-electron chi connectivity index (χ0n) is 23.9. The molecule has 1 saturated heterocycles. The molecule has 1 fully saturated rings. The van der Waals surface area contributed by atoms with Gasteiger partial charge in [0.1, 0.15) is 11.6 Å². The molecule has 1 aliphatic heterocycles. The fourth-order valence-electron chi connectivity index (χ4n) is 5.39. The summed E-state index contributed by atoms with van der Waals surface area (Å²) in [4.78, 5) is 22.7. The number of aromatic nitrogens is 4. The van der Waals surface area contributed by atoms with Crippen LogP contribution >= 0.6 is 0 Å². The van der Waals surface area contributed by atoms with Gasteiger partial charge in [-0.3, -0.25) is 10.1 Å². The molecule has 2 aromatic heterocycles. The first kappa shape index (κ1) is 28.4. The third kappa shape index (κ3) is 5.71. The van der Waals surface area contributed by atoms with Crippen LogP contribution in [0.5, 0.6) is 0 Å². The largest absolute Gasteiger partial charge is 0.355 e. The predicted molar refractivity (Wildman–Crippen MR) is 164 cm³/mol. The summed E-state index contributed by atoms with van der Waals surface area (Å²) in [6.45, 7) is 5.57. The van der Waals surface area contributed by atoms with Crippen LogP contribution in [0.2, 0.25) is 0 Å². The van der Waals surface area contributed by atoms with Gasteiger partial charge in [0.25, 0.3) is 5.69 Å². The van der Waals surface area contributed by atoms with Gasteiger partial charge in [-0.2, -0.15) is 9.40 Å². The van der Waals surface area contributed by atoms with Crippen molar-refractivity contribution in [1.29, 1.82) is 0 Å². The number of anilines is 1. The number of fused-ring (bicyclic) bond motifs is 1. The smallest absolute Gasteiger partial charge is 0.269 e. The van der Waals surface area contributed by atoms with Gasteiger partial charge in [0, 0.05) is 44.7 Å². The normalized spacial score (nSPS) is 14.6. The molecule has 0 unspecified atom stereocenters. The summed E-state index contributed by atoms with van der Waals surface area (Å²) in [5, 5.41) is 16.7. The molecule has 0 aliphatic carbocycles. The van der Waals surface area contributed by atoms with E-state index >= 15 is 0 Å². The number of nitrogens with zero attached hydrogens (tertiary/aromatic N) is 7. The SMILES string of the molecule is Cc1ccc(Cc2nc(N3CCCN(S(=O)(=O)c4ccc([N+](=O)[O-])cc4)CC3)c3c(C)nn(-c4ccccc4)c3n2)cc1. The molecule has 0 N–H and O–H groups in total. The van der Waals surface area contributed by atoms with E-state index < -0.39 is 14.9 Å². The summed E-state index contributed by atoms with van der Waals surface area (Å²) in [5.41, 5.74) is 4.50. The van der Waals surface area contributed by atoms with Crippen LogP contribution in [-0.4, -0.2) is 63.6 Å². The molecule has 11 nitrogen and oxygen atoms in total. The first-order valence-electron chi connectivity index (χ1n) is 14.1. The molecular formula is C31H31N7O4S. The maximum Gasteiger partial charge on any atom is 0.269 e. The summed E-state index contributed by atoms with van der Waals surface area (Å²) in [6.07, 6.45) is 1.12. The van der Waals surface area contributed by atoms with Gasteiger partial charge in [0.05, 0.1) is 26.6 Å². The van der Waals surface area contributed by atoms with E-state index in [0.29, 0.717) is 43.9 Å². The average molecular weight is 598 g/mol. The molecule has 220 valence electrons. The van der Waals surface area contributed by atoms with Crippen LogP contribution in [0.1, 0.15) is 29.1 Å². The number of nitro groups is 1. The van der Waals surface area contributed by atoms with Gasteiger partial charge in [-0.25, -0.2) is 23.1 Å². The van der Waals surface area contributed by atoms with Crippen LogP contribution in [0.15, 0.2) is 83.8 Å². The van der Waals surface area contributed by atoms with Crippen LogP contribution in [-0.2, 0) is 16.4 Å². The van der Waals surface area contributed by atoms with E-state index in [4.69, 9.17) is 15.1 Å². The number of aryl methyl sites for hydroxylation is 2. The Balaban J connectivity index is 1.36. The van der Waals surface area contributed by atoms with E-state index in [9.17, 15) is 18.5 Å². The summed E-state index contributed by atoms with van der Waals surface area (Å²) in [5.74, 6) is 1.39. The van der Waals surface area contributed by atoms with Gasteiger partial charge >= 0.3 is 0 Å². The number of nitro benzene ring substituents is 1. The van der Waals surface area contributed by atoms with Gasteiger partial charge in [-0.1, -0.05) is 48.0 Å². The second-order valence-corrected chi connectivity index (χ2v) is 12.6. The summed E-state index contributed by atoms with van der Waals surface area (Å²) in [7, 11) is -3.83. The Labute approximate surface area is 249 Å². The van der Waals surface area contributed by atoms with Crippen LogP contribution in [0, 0.1) is 24.0 Å².